The standard InChI is InChI=1S/C21H15ClF3N5O4S/c22-18-15(19(31)29-35(32,33)14-3-1-13(11-26)2-4-14)5-6-16(27-18)30-10-7-17(28-30)34-12-20(8-9-20)21(23,24)25/h1-7,10H,8-9,12H2,(H,29,31). The Hall–Kier alpha value is -3.63. The smallest absolute Gasteiger partial charge is 0.397 e. The van der Waals surface area contributed by atoms with Gasteiger partial charge in [-0.3, -0.25) is 4.79 Å². The molecule has 1 aliphatic carbocycles. The molecule has 1 aromatic carbocycles. The summed E-state index contributed by atoms with van der Waals surface area (Å²) >= 11 is 6.07. The predicted molar refractivity (Wildman–Crippen MR) is 115 cm³/mol. The van der Waals surface area contributed by atoms with E-state index in [1.54, 1.807) is 0 Å². The fraction of sp³-hybridized carbons (Fsp3) is 0.238. The molecule has 0 saturated heterocycles. The highest BCUT2D eigenvalue weighted by molar-refractivity contribution is 7.90. The molecule has 0 aliphatic heterocycles. The van der Waals surface area contributed by atoms with Gasteiger partial charge in [-0.15, -0.1) is 5.10 Å². The van der Waals surface area contributed by atoms with Crippen LogP contribution >= 0.6 is 11.6 Å². The van der Waals surface area contributed by atoms with Crippen LogP contribution < -0.4 is 9.46 Å². The van der Waals surface area contributed by atoms with E-state index in [1.807, 2.05) is 10.8 Å². The maximum Gasteiger partial charge on any atom is 0.397 e. The first-order valence-electron chi connectivity index (χ1n) is 9.94. The summed E-state index contributed by atoms with van der Waals surface area (Å²) in [5.74, 6) is -0.966. The molecule has 0 atom stereocenters. The monoisotopic (exact) mass is 525 g/mol. The number of hydrogen-bond donors (Lipinski definition) is 1. The van der Waals surface area contributed by atoms with Crippen molar-refractivity contribution in [1.82, 2.24) is 19.5 Å². The number of carbonyl (C=O) groups is 1. The largest absolute Gasteiger partial charge is 0.476 e. The van der Waals surface area contributed by atoms with Crippen LogP contribution in [0, 0.1) is 16.7 Å². The van der Waals surface area contributed by atoms with Crippen molar-refractivity contribution in [3.05, 3.63) is 64.9 Å². The Kier molecular flexibility index (Phi) is 6.20. The first-order valence-corrected chi connectivity index (χ1v) is 11.8. The second kappa shape index (κ2) is 8.86. The Bertz CT molecular complexity index is 1430. The van der Waals surface area contributed by atoms with Crippen LogP contribution in [0.5, 0.6) is 5.88 Å². The van der Waals surface area contributed by atoms with Crippen LogP contribution in [0.4, 0.5) is 13.2 Å². The Balaban J connectivity index is 1.45. The van der Waals surface area contributed by atoms with Crippen molar-refractivity contribution < 1.29 is 31.1 Å². The van der Waals surface area contributed by atoms with Gasteiger partial charge in [0, 0.05) is 12.3 Å². The molecule has 0 bridgehead atoms. The van der Waals surface area contributed by atoms with Crippen molar-refractivity contribution in [3.63, 3.8) is 0 Å². The number of nitrogens with zero attached hydrogens (tertiary/aromatic N) is 4. The average molecular weight is 526 g/mol. The van der Waals surface area contributed by atoms with E-state index in [1.165, 1.54) is 53.3 Å². The normalized spacial score (nSPS) is 14.7. The highest BCUT2D eigenvalue weighted by Gasteiger charge is 2.64. The first kappa shape index (κ1) is 24.5. The molecule has 0 spiro atoms. The molecule has 1 aliphatic rings. The summed E-state index contributed by atoms with van der Waals surface area (Å²) in [6.07, 6.45) is -2.97. The molecule has 0 radical (unpaired) electrons. The molecule has 3 aromatic rings. The van der Waals surface area contributed by atoms with Crippen molar-refractivity contribution in [2.75, 3.05) is 6.61 Å². The van der Waals surface area contributed by atoms with Crippen LogP contribution in [-0.2, 0) is 10.0 Å². The van der Waals surface area contributed by atoms with Gasteiger partial charge in [0.25, 0.3) is 15.9 Å². The first-order chi connectivity index (χ1) is 16.4. The molecule has 0 unspecified atom stereocenters. The number of carbonyl (C=O) groups excluding carboxylic acids is 1. The minimum atomic E-state index is -4.35. The summed E-state index contributed by atoms with van der Waals surface area (Å²) in [5.41, 5.74) is -1.83. The summed E-state index contributed by atoms with van der Waals surface area (Å²) in [4.78, 5) is 16.3. The molecule has 2 heterocycles. The van der Waals surface area contributed by atoms with E-state index in [0.29, 0.717) is 0 Å². The number of benzene rings is 1. The Morgan fingerprint density at radius 2 is 1.89 bits per heavy atom. The lowest BCUT2D eigenvalue weighted by molar-refractivity contribution is -0.194. The highest BCUT2D eigenvalue weighted by Crippen LogP contribution is 2.57. The van der Waals surface area contributed by atoms with Gasteiger partial charge in [-0.25, -0.2) is 22.8 Å². The van der Waals surface area contributed by atoms with Gasteiger partial charge >= 0.3 is 6.18 Å². The van der Waals surface area contributed by atoms with Gasteiger partial charge in [0.2, 0.25) is 5.88 Å². The Labute approximate surface area is 202 Å². The zero-order valence-corrected chi connectivity index (χ0v) is 19.2. The van der Waals surface area contributed by atoms with E-state index < -0.39 is 34.1 Å². The molecule has 1 amide bonds. The van der Waals surface area contributed by atoms with Crippen LogP contribution in [0.3, 0.4) is 0 Å². The van der Waals surface area contributed by atoms with E-state index in [9.17, 15) is 26.4 Å². The van der Waals surface area contributed by atoms with Crippen LogP contribution in [-0.4, -0.2) is 41.9 Å². The summed E-state index contributed by atoms with van der Waals surface area (Å²) in [6, 6.07) is 10.7. The number of hydrogen-bond acceptors (Lipinski definition) is 7. The zero-order valence-electron chi connectivity index (χ0n) is 17.6. The van der Waals surface area contributed by atoms with Gasteiger partial charge in [-0.2, -0.15) is 18.4 Å². The van der Waals surface area contributed by atoms with Gasteiger partial charge < -0.3 is 4.74 Å². The van der Waals surface area contributed by atoms with Crippen LogP contribution in [0.25, 0.3) is 5.82 Å². The highest BCUT2D eigenvalue weighted by atomic mass is 35.5. The molecular weight excluding hydrogens is 511 g/mol. The van der Waals surface area contributed by atoms with E-state index in [2.05, 4.69) is 10.1 Å². The van der Waals surface area contributed by atoms with E-state index in [-0.39, 0.29) is 45.7 Å². The lowest BCUT2D eigenvalue weighted by Gasteiger charge is -2.18. The van der Waals surface area contributed by atoms with Gasteiger partial charge in [0.1, 0.15) is 17.2 Å². The molecule has 1 fully saturated rings. The molecule has 4 rings (SSSR count). The van der Waals surface area contributed by atoms with Gasteiger partial charge in [0.15, 0.2) is 5.82 Å². The number of ether oxygens (including phenoxy) is 1. The predicted octanol–water partition coefficient (Wildman–Crippen LogP) is 3.63. The van der Waals surface area contributed by atoms with E-state index >= 15 is 0 Å². The third-order valence-corrected chi connectivity index (χ3v) is 6.99. The number of pyridine rings is 1. The molecule has 1 N–H and O–H groups in total. The lowest BCUT2D eigenvalue weighted by atomic mass is 10.1. The van der Waals surface area contributed by atoms with Crippen molar-refractivity contribution in [1.29, 1.82) is 5.26 Å². The summed E-state index contributed by atoms with van der Waals surface area (Å²) < 4.78 is 72.2. The van der Waals surface area contributed by atoms with Crippen molar-refractivity contribution in [3.8, 4) is 17.8 Å². The SMILES string of the molecule is N#Cc1ccc(S(=O)(=O)NC(=O)c2ccc(-n3ccc(OCC4(C(F)(F)F)CC4)n3)nc2Cl)cc1. The van der Waals surface area contributed by atoms with Gasteiger partial charge in [0.05, 0.1) is 22.1 Å². The molecular formula is C21H15ClF3N5O4S. The molecule has 14 heteroatoms. The lowest BCUT2D eigenvalue weighted by Crippen LogP contribution is -2.31. The van der Waals surface area contributed by atoms with Crippen LogP contribution in [0.15, 0.2) is 53.6 Å². The number of halogens is 4. The Morgan fingerprint density at radius 1 is 1.20 bits per heavy atom. The third-order valence-electron chi connectivity index (χ3n) is 5.35. The molecule has 1 saturated carbocycles. The second-order valence-corrected chi connectivity index (χ2v) is 9.78. The number of sulfonamides is 1. The van der Waals surface area contributed by atoms with Crippen molar-refractivity contribution >= 4 is 27.5 Å². The average Bonchev–Trinajstić information content (AvgIpc) is 3.47. The van der Waals surface area contributed by atoms with E-state index in [4.69, 9.17) is 21.6 Å². The third kappa shape index (κ3) is 5.08. The molecule has 35 heavy (non-hydrogen) atoms. The quantitative estimate of drug-likeness (QED) is 0.467. The van der Waals surface area contributed by atoms with Crippen LogP contribution in [0.1, 0.15) is 28.8 Å². The maximum absolute atomic E-state index is 13.0. The number of aromatic nitrogens is 3. The summed E-state index contributed by atoms with van der Waals surface area (Å²) in [6.45, 7) is -0.547. The number of alkyl halides is 3. The number of rotatable bonds is 7. The number of nitrogens with one attached hydrogen (secondary N) is 1. The van der Waals surface area contributed by atoms with Gasteiger partial charge in [-0.05, 0) is 49.2 Å². The van der Waals surface area contributed by atoms with Crippen molar-refractivity contribution in [2.45, 2.75) is 23.9 Å². The fourth-order valence-electron chi connectivity index (χ4n) is 3.05. The molecule has 9 nitrogen and oxygen atoms in total. The fourth-order valence-corrected chi connectivity index (χ4v) is 4.25. The summed E-state index contributed by atoms with van der Waals surface area (Å²) in [5, 5.41) is 12.5. The molecule has 2 aromatic heterocycles. The zero-order chi connectivity index (χ0) is 25.4. The van der Waals surface area contributed by atoms with E-state index in [0.717, 1.165) is 0 Å². The van der Waals surface area contributed by atoms with Crippen LogP contribution in [0.2, 0.25) is 5.15 Å². The van der Waals surface area contributed by atoms with Crippen molar-refractivity contribution in [2.24, 2.45) is 5.41 Å². The molecule has 182 valence electrons. The number of nitriles is 1. The topological polar surface area (TPSA) is 127 Å². The Morgan fingerprint density at radius 3 is 2.46 bits per heavy atom. The number of amides is 1. The van der Waals surface area contributed by atoms with Gasteiger partial charge in [-0.1, -0.05) is 11.6 Å². The minimum Gasteiger partial charge on any atom is -0.476 e. The maximum atomic E-state index is 13.0. The minimum absolute atomic E-state index is 0.00119. The summed E-state index contributed by atoms with van der Waals surface area (Å²) in [7, 11) is -4.24. The second-order valence-electron chi connectivity index (χ2n) is 7.74.